The number of hydrogen-bond donors (Lipinski definition) is 3. The van der Waals surface area contributed by atoms with E-state index < -0.39 is 0 Å². The Balaban J connectivity index is 1.64. The molecule has 118 valence electrons. The van der Waals surface area contributed by atoms with E-state index in [0.717, 1.165) is 56.2 Å². The Morgan fingerprint density at radius 1 is 1.14 bits per heavy atom. The average molecular weight is 291 g/mol. The van der Waals surface area contributed by atoms with E-state index in [1.54, 1.807) is 0 Å². The zero-order chi connectivity index (χ0) is 14.9. The number of rotatable bonds is 8. The molecule has 0 bridgehead atoms. The van der Waals surface area contributed by atoms with Gasteiger partial charge in [0.2, 0.25) is 0 Å². The maximum Gasteiger partial charge on any atom is 0.119 e. The fourth-order valence-electron chi connectivity index (χ4n) is 2.66. The molecule has 0 unspecified atom stereocenters. The number of ether oxygens (including phenoxy) is 1. The first-order valence-corrected chi connectivity index (χ1v) is 8.25. The standard InChI is InChI=1S/C17H29N3O/c1-2-3-12-21-17-10-8-16(9-11-17)20-19-13-14-4-6-15(18)7-5-14/h8-11,14-15,19-20H,2-7,12-13,18H2,1H3. The van der Waals surface area contributed by atoms with E-state index >= 15 is 0 Å². The molecule has 1 aromatic rings. The van der Waals surface area contributed by atoms with Crippen molar-refractivity contribution in [3.05, 3.63) is 24.3 Å². The van der Waals surface area contributed by atoms with Crippen molar-refractivity contribution >= 4 is 5.69 Å². The SMILES string of the molecule is CCCCOc1ccc(NNCC2CCC(N)CC2)cc1. The molecule has 1 aliphatic rings. The van der Waals surface area contributed by atoms with Crippen LogP contribution in [0.5, 0.6) is 5.75 Å². The molecule has 4 N–H and O–H groups in total. The molecule has 0 radical (unpaired) electrons. The van der Waals surface area contributed by atoms with Gasteiger partial charge < -0.3 is 15.9 Å². The van der Waals surface area contributed by atoms with E-state index in [1.807, 2.05) is 24.3 Å². The van der Waals surface area contributed by atoms with Gasteiger partial charge in [-0.25, -0.2) is 5.43 Å². The van der Waals surface area contributed by atoms with Crippen molar-refractivity contribution in [2.24, 2.45) is 11.7 Å². The average Bonchev–Trinajstić information content (AvgIpc) is 2.51. The molecule has 0 atom stereocenters. The van der Waals surface area contributed by atoms with Crippen molar-refractivity contribution in [2.45, 2.75) is 51.5 Å². The summed E-state index contributed by atoms with van der Waals surface area (Å²) in [5.74, 6) is 1.68. The summed E-state index contributed by atoms with van der Waals surface area (Å²) in [5.41, 5.74) is 13.6. The molecule has 1 saturated carbocycles. The summed E-state index contributed by atoms with van der Waals surface area (Å²) in [6, 6.07) is 8.55. The molecule has 2 rings (SSSR count). The molecule has 0 aromatic heterocycles. The van der Waals surface area contributed by atoms with Gasteiger partial charge in [0.15, 0.2) is 0 Å². The van der Waals surface area contributed by atoms with Crippen LogP contribution in [-0.2, 0) is 0 Å². The lowest BCUT2D eigenvalue weighted by Gasteiger charge is -2.26. The van der Waals surface area contributed by atoms with Gasteiger partial charge >= 0.3 is 0 Å². The van der Waals surface area contributed by atoms with Crippen LogP contribution in [0.1, 0.15) is 45.4 Å². The fourth-order valence-corrected chi connectivity index (χ4v) is 2.66. The second-order valence-electron chi connectivity index (χ2n) is 6.01. The Kier molecular flexibility index (Phi) is 6.83. The molecule has 1 aromatic carbocycles. The van der Waals surface area contributed by atoms with Crippen LogP contribution >= 0.6 is 0 Å². The van der Waals surface area contributed by atoms with Crippen LogP contribution in [0.25, 0.3) is 0 Å². The Morgan fingerprint density at radius 3 is 2.52 bits per heavy atom. The lowest BCUT2D eigenvalue weighted by molar-refractivity contribution is 0.309. The van der Waals surface area contributed by atoms with Crippen molar-refractivity contribution in [1.82, 2.24) is 5.43 Å². The number of unbranched alkanes of at least 4 members (excludes halogenated alkanes) is 1. The molecular formula is C17H29N3O. The second kappa shape index (κ2) is 8.90. The van der Waals surface area contributed by atoms with Gasteiger partial charge in [-0.2, -0.15) is 0 Å². The van der Waals surface area contributed by atoms with Crippen molar-refractivity contribution in [3.8, 4) is 5.75 Å². The lowest BCUT2D eigenvalue weighted by atomic mass is 9.86. The third-order valence-corrected chi connectivity index (χ3v) is 4.14. The minimum absolute atomic E-state index is 0.425. The molecule has 1 fully saturated rings. The summed E-state index contributed by atoms with van der Waals surface area (Å²) in [6.45, 7) is 3.97. The first-order valence-electron chi connectivity index (χ1n) is 8.25. The second-order valence-corrected chi connectivity index (χ2v) is 6.01. The predicted octanol–water partition coefficient (Wildman–Crippen LogP) is 3.30. The lowest BCUT2D eigenvalue weighted by Crippen LogP contribution is -2.33. The first-order chi connectivity index (χ1) is 10.3. The van der Waals surface area contributed by atoms with Gasteiger partial charge in [0, 0.05) is 18.3 Å². The van der Waals surface area contributed by atoms with Gasteiger partial charge in [-0.1, -0.05) is 13.3 Å². The third-order valence-electron chi connectivity index (χ3n) is 4.14. The summed E-state index contributed by atoms with van der Waals surface area (Å²) < 4.78 is 5.65. The number of hydrogen-bond acceptors (Lipinski definition) is 4. The smallest absolute Gasteiger partial charge is 0.119 e. The Labute approximate surface area is 128 Å². The van der Waals surface area contributed by atoms with E-state index in [4.69, 9.17) is 10.5 Å². The van der Waals surface area contributed by atoms with Crippen LogP contribution in [0.4, 0.5) is 5.69 Å². The zero-order valence-corrected chi connectivity index (χ0v) is 13.1. The summed E-state index contributed by atoms with van der Waals surface area (Å²) in [5, 5.41) is 0. The van der Waals surface area contributed by atoms with Crippen LogP contribution in [0.2, 0.25) is 0 Å². The summed E-state index contributed by atoms with van der Waals surface area (Å²) in [4.78, 5) is 0. The van der Waals surface area contributed by atoms with E-state index in [2.05, 4.69) is 17.8 Å². The molecule has 0 saturated heterocycles. The Hall–Kier alpha value is -1.26. The maximum atomic E-state index is 5.93. The van der Waals surface area contributed by atoms with Gasteiger partial charge in [-0.15, -0.1) is 0 Å². The summed E-state index contributed by atoms with van der Waals surface area (Å²) >= 11 is 0. The molecule has 0 spiro atoms. The highest BCUT2D eigenvalue weighted by Crippen LogP contribution is 2.22. The molecule has 0 amide bonds. The van der Waals surface area contributed by atoms with Crippen LogP contribution in [0.3, 0.4) is 0 Å². The molecule has 4 nitrogen and oxygen atoms in total. The minimum atomic E-state index is 0.425. The zero-order valence-electron chi connectivity index (χ0n) is 13.1. The van der Waals surface area contributed by atoms with Gasteiger partial charge in [0.1, 0.15) is 5.75 Å². The third kappa shape index (κ3) is 5.94. The number of nitrogens with one attached hydrogen (secondary N) is 2. The number of anilines is 1. The molecule has 1 aliphatic carbocycles. The number of nitrogens with two attached hydrogens (primary N) is 1. The van der Waals surface area contributed by atoms with Gasteiger partial charge in [-0.3, -0.25) is 0 Å². The first kappa shape index (κ1) is 16.1. The molecule has 4 heteroatoms. The van der Waals surface area contributed by atoms with Crippen molar-refractivity contribution < 1.29 is 4.74 Å². The number of benzene rings is 1. The van der Waals surface area contributed by atoms with Gasteiger partial charge in [0.25, 0.3) is 0 Å². The van der Waals surface area contributed by atoms with E-state index in [0.29, 0.717) is 6.04 Å². The van der Waals surface area contributed by atoms with Crippen molar-refractivity contribution in [2.75, 3.05) is 18.6 Å². The quantitative estimate of drug-likeness (QED) is 0.508. The van der Waals surface area contributed by atoms with Gasteiger partial charge in [-0.05, 0) is 62.3 Å². The van der Waals surface area contributed by atoms with Crippen LogP contribution < -0.4 is 21.3 Å². The minimum Gasteiger partial charge on any atom is -0.494 e. The molecular weight excluding hydrogens is 262 g/mol. The molecule has 0 aliphatic heterocycles. The van der Waals surface area contributed by atoms with Crippen LogP contribution in [0, 0.1) is 5.92 Å². The van der Waals surface area contributed by atoms with Crippen molar-refractivity contribution in [3.63, 3.8) is 0 Å². The van der Waals surface area contributed by atoms with E-state index in [1.165, 1.54) is 12.8 Å². The largest absolute Gasteiger partial charge is 0.494 e. The van der Waals surface area contributed by atoms with Gasteiger partial charge in [0.05, 0.1) is 6.61 Å². The normalized spacial score (nSPS) is 22.0. The number of hydrazine groups is 1. The van der Waals surface area contributed by atoms with Crippen LogP contribution in [-0.4, -0.2) is 19.2 Å². The van der Waals surface area contributed by atoms with Crippen LogP contribution in [0.15, 0.2) is 24.3 Å². The highest BCUT2D eigenvalue weighted by atomic mass is 16.5. The van der Waals surface area contributed by atoms with E-state index in [-0.39, 0.29) is 0 Å². The van der Waals surface area contributed by atoms with Crippen molar-refractivity contribution in [1.29, 1.82) is 0 Å². The fraction of sp³-hybridized carbons (Fsp3) is 0.647. The highest BCUT2D eigenvalue weighted by molar-refractivity contribution is 5.45. The maximum absolute atomic E-state index is 5.93. The predicted molar refractivity (Wildman–Crippen MR) is 88.4 cm³/mol. The monoisotopic (exact) mass is 291 g/mol. The summed E-state index contributed by atoms with van der Waals surface area (Å²) in [6.07, 6.45) is 7.06. The van der Waals surface area contributed by atoms with E-state index in [9.17, 15) is 0 Å². The Bertz CT molecular complexity index is 386. The molecule has 0 heterocycles. The Morgan fingerprint density at radius 2 is 1.86 bits per heavy atom. The molecule has 21 heavy (non-hydrogen) atoms. The highest BCUT2D eigenvalue weighted by Gasteiger charge is 2.17. The topological polar surface area (TPSA) is 59.3 Å². The summed E-state index contributed by atoms with van der Waals surface area (Å²) in [7, 11) is 0.